The van der Waals surface area contributed by atoms with Gasteiger partial charge in [-0.2, -0.15) is 0 Å². The van der Waals surface area contributed by atoms with E-state index in [-0.39, 0.29) is 0 Å². The van der Waals surface area contributed by atoms with Crippen molar-refractivity contribution in [2.45, 2.75) is 26.3 Å². The lowest BCUT2D eigenvalue weighted by molar-refractivity contribution is 0.340. The molecule has 0 aromatic heterocycles. The van der Waals surface area contributed by atoms with Gasteiger partial charge in [0, 0.05) is 30.9 Å². The number of hydrogen-bond acceptors (Lipinski definition) is 3. The summed E-state index contributed by atoms with van der Waals surface area (Å²) < 4.78 is 5.51. The van der Waals surface area contributed by atoms with E-state index >= 15 is 0 Å². The molecule has 2 aromatic rings. The van der Waals surface area contributed by atoms with E-state index in [9.17, 15) is 0 Å². The molecule has 118 valence electrons. The first kappa shape index (κ1) is 16.4. The van der Waals surface area contributed by atoms with Crippen molar-refractivity contribution < 1.29 is 4.74 Å². The smallest absolute Gasteiger partial charge is 0.121 e. The monoisotopic (exact) mass is 298 g/mol. The van der Waals surface area contributed by atoms with Crippen molar-refractivity contribution in [1.29, 1.82) is 0 Å². The number of ether oxygens (including phenoxy) is 1. The van der Waals surface area contributed by atoms with E-state index in [1.54, 1.807) is 0 Å². The Morgan fingerprint density at radius 2 is 1.77 bits per heavy atom. The van der Waals surface area contributed by atoms with E-state index < -0.39 is 0 Å². The van der Waals surface area contributed by atoms with Crippen molar-refractivity contribution in [3.8, 4) is 5.75 Å². The molecule has 1 unspecified atom stereocenters. The zero-order valence-electron chi connectivity index (χ0n) is 13.5. The minimum atomic E-state index is 0.415. The van der Waals surface area contributed by atoms with Crippen molar-refractivity contribution in [3.05, 3.63) is 60.2 Å². The van der Waals surface area contributed by atoms with Crippen LogP contribution in [0.5, 0.6) is 5.75 Å². The number of benzene rings is 2. The van der Waals surface area contributed by atoms with Crippen LogP contribution in [0.2, 0.25) is 0 Å². The van der Waals surface area contributed by atoms with Gasteiger partial charge in [0.1, 0.15) is 5.75 Å². The Morgan fingerprint density at radius 3 is 2.50 bits per heavy atom. The third-order valence-electron chi connectivity index (χ3n) is 3.60. The maximum Gasteiger partial charge on any atom is 0.121 e. The maximum absolute atomic E-state index is 5.51. The maximum atomic E-state index is 5.51. The van der Waals surface area contributed by atoms with Crippen LogP contribution >= 0.6 is 0 Å². The lowest BCUT2D eigenvalue weighted by atomic mass is 10.0. The normalized spacial score (nSPS) is 11.9. The summed E-state index contributed by atoms with van der Waals surface area (Å²) in [5.41, 5.74) is 2.45. The van der Waals surface area contributed by atoms with Gasteiger partial charge < -0.3 is 15.4 Å². The van der Waals surface area contributed by atoms with Gasteiger partial charge in [-0.15, -0.1) is 0 Å². The summed E-state index contributed by atoms with van der Waals surface area (Å²) in [5.74, 6) is 0.913. The molecule has 0 aliphatic heterocycles. The Bertz CT molecular complexity index is 542. The first-order chi connectivity index (χ1) is 10.8. The third kappa shape index (κ3) is 5.08. The van der Waals surface area contributed by atoms with Crippen LogP contribution in [0.3, 0.4) is 0 Å². The van der Waals surface area contributed by atoms with Crippen LogP contribution in [-0.2, 0) is 0 Å². The predicted molar refractivity (Wildman–Crippen MR) is 93.6 cm³/mol. The summed E-state index contributed by atoms with van der Waals surface area (Å²) in [6.07, 6.45) is 1.09. The van der Waals surface area contributed by atoms with E-state index in [0.717, 1.165) is 30.9 Å². The highest BCUT2D eigenvalue weighted by Gasteiger charge is 2.06. The molecule has 2 N–H and O–H groups in total. The molecule has 2 rings (SSSR count). The fourth-order valence-electron chi connectivity index (χ4n) is 2.50. The van der Waals surface area contributed by atoms with Gasteiger partial charge in [-0.25, -0.2) is 0 Å². The number of anilines is 1. The minimum absolute atomic E-state index is 0.415. The molecule has 22 heavy (non-hydrogen) atoms. The fraction of sp³-hybridized carbons (Fsp3) is 0.368. The average molecular weight is 298 g/mol. The van der Waals surface area contributed by atoms with Gasteiger partial charge in [-0.05, 0) is 31.0 Å². The van der Waals surface area contributed by atoms with Crippen LogP contribution in [-0.4, -0.2) is 19.7 Å². The van der Waals surface area contributed by atoms with E-state index in [4.69, 9.17) is 4.74 Å². The number of rotatable bonds is 9. The van der Waals surface area contributed by atoms with Crippen molar-refractivity contribution in [1.82, 2.24) is 5.32 Å². The SMILES string of the molecule is CCOc1cccc(NCCNC(CC)c2ccccc2)c1. The second kappa shape index (κ2) is 9.11. The predicted octanol–water partition coefficient (Wildman–Crippen LogP) is 4.24. The molecule has 3 nitrogen and oxygen atoms in total. The second-order valence-electron chi connectivity index (χ2n) is 5.21. The molecule has 0 amide bonds. The highest BCUT2D eigenvalue weighted by molar-refractivity contribution is 5.48. The van der Waals surface area contributed by atoms with Gasteiger partial charge in [-0.1, -0.05) is 43.3 Å². The summed E-state index contributed by atoms with van der Waals surface area (Å²) >= 11 is 0. The standard InChI is InChI=1S/C19H26N2O/c1-3-19(16-9-6-5-7-10-16)21-14-13-20-17-11-8-12-18(15-17)22-4-2/h5-12,15,19-21H,3-4,13-14H2,1-2H3. The Kier molecular flexibility index (Phi) is 6.78. The lowest BCUT2D eigenvalue weighted by Crippen LogP contribution is -2.26. The van der Waals surface area contributed by atoms with E-state index in [0.29, 0.717) is 12.6 Å². The molecule has 0 fully saturated rings. The first-order valence-electron chi connectivity index (χ1n) is 8.08. The lowest BCUT2D eigenvalue weighted by Gasteiger charge is -2.18. The van der Waals surface area contributed by atoms with Crippen molar-refractivity contribution in [2.24, 2.45) is 0 Å². The van der Waals surface area contributed by atoms with Gasteiger partial charge in [0.2, 0.25) is 0 Å². The van der Waals surface area contributed by atoms with Crippen LogP contribution in [0.1, 0.15) is 31.9 Å². The van der Waals surface area contributed by atoms with E-state index in [1.165, 1.54) is 5.56 Å². The van der Waals surface area contributed by atoms with Gasteiger partial charge in [0.15, 0.2) is 0 Å². The molecular formula is C19H26N2O. The van der Waals surface area contributed by atoms with Crippen LogP contribution in [0, 0.1) is 0 Å². The van der Waals surface area contributed by atoms with E-state index in [2.05, 4.69) is 54.0 Å². The average Bonchev–Trinajstić information content (AvgIpc) is 2.56. The van der Waals surface area contributed by atoms with Crippen LogP contribution in [0.25, 0.3) is 0 Å². The summed E-state index contributed by atoms with van der Waals surface area (Å²) in [6, 6.07) is 19.1. The zero-order valence-corrected chi connectivity index (χ0v) is 13.5. The summed E-state index contributed by atoms with van der Waals surface area (Å²) in [6.45, 7) is 6.72. The molecular weight excluding hydrogens is 272 g/mol. The van der Waals surface area contributed by atoms with Crippen molar-refractivity contribution >= 4 is 5.69 Å². The molecule has 0 spiro atoms. The van der Waals surface area contributed by atoms with Gasteiger partial charge in [0.25, 0.3) is 0 Å². The Hall–Kier alpha value is -2.00. The molecule has 0 radical (unpaired) electrons. The van der Waals surface area contributed by atoms with Gasteiger partial charge in [0.05, 0.1) is 6.61 Å². The number of hydrogen-bond donors (Lipinski definition) is 2. The minimum Gasteiger partial charge on any atom is -0.494 e. The molecule has 1 atom stereocenters. The molecule has 0 saturated carbocycles. The largest absolute Gasteiger partial charge is 0.494 e. The molecule has 0 aliphatic carbocycles. The van der Waals surface area contributed by atoms with Crippen LogP contribution in [0.15, 0.2) is 54.6 Å². The second-order valence-corrected chi connectivity index (χ2v) is 5.21. The summed E-state index contributed by atoms with van der Waals surface area (Å²) in [5, 5.41) is 7.03. The van der Waals surface area contributed by atoms with Crippen LogP contribution < -0.4 is 15.4 Å². The first-order valence-corrected chi connectivity index (χ1v) is 8.08. The Morgan fingerprint density at radius 1 is 0.955 bits per heavy atom. The fourth-order valence-corrected chi connectivity index (χ4v) is 2.50. The highest BCUT2D eigenvalue weighted by Crippen LogP contribution is 2.17. The van der Waals surface area contributed by atoms with E-state index in [1.807, 2.05) is 25.1 Å². The highest BCUT2D eigenvalue weighted by atomic mass is 16.5. The molecule has 0 saturated heterocycles. The van der Waals surface area contributed by atoms with Crippen LogP contribution in [0.4, 0.5) is 5.69 Å². The van der Waals surface area contributed by atoms with Gasteiger partial charge >= 0.3 is 0 Å². The molecule has 2 aromatic carbocycles. The quantitative estimate of drug-likeness (QED) is 0.679. The molecule has 0 bridgehead atoms. The Labute approximate surface area is 133 Å². The van der Waals surface area contributed by atoms with Crippen molar-refractivity contribution in [3.63, 3.8) is 0 Å². The molecule has 3 heteroatoms. The molecule has 0 aliphatic rings. The number of nitrogens with one attached hydrogen (secondary N) is 2. The summed E-state index contributed by atoms with van der Waals surface area (Å²) in [4.78, 5) is 0. The zero-order chi connectivity index (χ0) is 15.6. The molecule has 0 heterocycles. The van der Waals surface area contributed by atoms with Gasteiger partial charge in [-0.3, -0.25) is 0 Å². The summed E-state index contributed by atoms with van der Waals surface area (Å²) in [7, 11) is 0. The third-order valence-corrected chi connectivity index (χ3v) is 3.60. The van der Waals surface area contributed by atoms with Crippen molar-refractivity contribution in [2.75, 3.05) is 25.0 Å². The Balaban J connectivity index is 1.77. The topological polar surface area (TPSA) is 33.3 Å².